The minimum atomic E-state index is -5.45. The number of rotatable bonds is 3. The topological polar surface area (TPSA) is 64.6 Å². The van der Waals surface area contributed by atoms with Gasteiger partial charge in [-0.15, -0.1) is 0 Å². The molecule has 0 aliphatic heterocycles. The zero-order valence-corrected chi connectivity index (χ0v) is 12.6. The van der Waals surface area contributed by atoms with Gasteiger partial charge in [-0.1, -0.05) is 11.5 Å². The normalized spacial score (nSPS) is 11.8. The van der Waals surface area contributed by atoms with Gasteiger partial charge in [0.05, 0.1) is 7.11 Å². The Balaban J connectivity index is 3.10. The average Bonchev–Trinajstić information content (AvgIpc) is 2.34. The summed E-state index contributed by atoms with van der Waals surface area (Å²) in [7, 11) is 0.988. The molecule has 0 aliphatic rings. The summed E-state index contributed by atoms with van der Waals surface area (Å²) < 4.78 is 48.4. The van der Waals surface area contributed by atoms with Crippen molar-refractivity contribution in [3.63, 3.8) is 0 Å². The summed E-state index contributed by atoms with van der Waals surface area (Å²) in [4.78, 5) is 22.9. The molecule has 0 radical (unpaired) electrons. The SMILES string of the molecule is COC(=O)c1ccc(NC(=O)OC(C)(C)C)cc1[B-](F)(F)F. The molecule has 1 aromatic carbocycles. The van der Waals surface area contributed by atoms with Gasteiger partial charge in [0.15, 0.2) is 0 Å². The number of carbonyl (C=O) groups excluding carboxylic acids is 2. The summed E-state index contributed by atoms with van der Waals surface area (Å²) in [5.41, 5.74) is -2.66. The smallest absolute Gasteiger partial charge is 0.465 e. The van der Waals surface area contributed by atoms with E-state index in [0.29, 0.717) is 6.07 Å². The van der Waals surface area contributed by atoms with Gasteiger partial charge >= 0.3 is 19.0 Å². The number of anilines is 1. The van der Waals surface area contributed by atoms with E-state index in [9.17, 15) is 22.5 Å². The summed E-state index contributed by atoms with van der Waals surface area (Å²) in [5.74, 6) is -1.10. The monoisotopic (exact) mass is 318 g/mol. The molecule has 1 amide bonds. The van der Waals surface area contributed by atoms with Gasteiger partial charge < -0.3 is 22.4 Å². The summed E-state index contributed by atoms with van der Waals surface area (Å²) >= 11 is 0. The van der Waals surface area contributed by atoms with Crippen molar-refractivity contribution in [2.45, 2.75) is 26.4 Å². The summed E-state index contributed by atoms with van der Waals surface area (Å²) in [6, 6.07) is 2.79. The molecular weight excluding hydrogens is 302 g/mol. The zero-order valence-electron chi connectivity index (χ0n) is 12.6. The largest absolute Gasteiger partial charge is 0.510 e. The standard InChI is InChI=1S/C13H16BF3NO4/c1-13(2,3)22-12(20)18-8-5-6-9(11(19)21-4)10(7-8)14(15,16)17/h5-7H,1-4H3,(H,18,20)/q-1. The number of halogens is 3. The second kappa shape index (κ2) is 6.29. The van der Waals surface area contributed by atoms with Crippen molar-refractivity contribution in [3.8, 4) is 0 Å². The maximum atomic E-state index is 13.0. The molecule has 0 spiro atoms. The van der Waals surface area contributed by atoms with Crippen LogP contribution in [0.5, 0.6) is 0 Å². The van der Waals surface area contributed by atoms with Crippen LogP contribution in [0.2, 0.25) is 0 Å². The van der Waals surface area contributed by atoms with E-state index in [1.165, 1.54) is 6.07 Å². The van der Waals surface area contributed by atoms with Crippen LogP contribution in [0.4, 0.5) is 23.4 Å². The zero-order chi connectivity index (χ0) is 17.1. The first kappa shape index (κ1) is 17.9. The molecule has 0 aliphatic carbocycles. The van der Waals surface area contributed by atoms with E-state index in [4.69, 9.17) is 4.74 Å². The lowest BCUT2D eigenvalue weighted by Gasteiger charge is -2.22. The number of amides is 1. The van der Waals surface area contributed by atoms with Gasteiger partial charge in [-0.2, -0.15) is 0 Å². The lowest BCUT2D eigenvalue weighted by molar-refractivity contribution is 0.0599. The van der Waals surface area contributed by atoms with Crippen molar-refractivity contribution in [2.24, 2.45) is 0 Å². The number of hydrogen-bond acceptors (Lipinski definition) is 4. The summed E-state index contributed by atoms with van der Waals surface area (Å²) in [6.45, 7) is -0.582. The number of nitrogens with one attached hydrogen (secondary N) is 1. The van der Waals surface area contributed by atoms with Crippen molar-refractivity contribution in [1.29, 1.82) is 0 Å². The molecule has 0 heterocycles. The average molecular weight is 318 g/mol. The second-order valence-electron chi connectivity index (χ2n) is 5.50. The third-order valence-electron chi connectivity index (χ3n) is 2.45. The maximum absolute atomic E-state index is 13.0. The van der Waals surface area contributed by atoms with Gasteiger partial charge in [0.25, 0.3) is 0 Å². The van der Waals surface area contributed by atoms with Crippen LogP contribution in [-0.2, 0) is 9.47 Å². The van der Waals surface area contributed by atoms with Gasteiger partial charge in [0, 0.05) is 11.3 Å². The van der Waals surface area contributed by atoms with Crippen molar-refractivity contribution in [3.05, 3.63) is 23.8 Å². The molecule has 0 bridgehead atoms. The Hall–Kier alpha value is -2.19. The number of ether oxygens (including phenoxy) is 2. The highest BCUT2D eigenvalue weighted by Gasteiger charge is 2.31. The Labute approximate surface area is 125 Å². The first-order valence-corrected chi connectivity index (χ1v) is 6.36. The van der Waals surface area contributed by atoms with Crippen molar-refractivity contribution >= 4 is 30.2 Å². The molecule has 1 N–H and O–H groups in total. The van der Waals surface area contributed by atoms with Crippen LogP contribution in [0, 0.1) is 0 Å². The summed E-state index contributed by atoms with van der Waals surface area (Å²) in [5, 5.41) is 2.19. The number of methoxy groups -OCH3 is 1. The van der Waals surface area contributed by atoms with E-state index in [2.05, 4.69) is 10.1 Å². The maximum Gasteiger partial charge on any atom is 0.510 e. The van der Waals surface area contributed by atoms with E-state index < -0.39 is 35.7 Å². The molecule has 1 aromatic rings. The molecule has 0 fully saturated rings. The first-order valence-electron chi connectivity index (χ1n) is 6.36. The third-order valence-corrected chi connectivity index (χ3v) is 2.45. The molecule has 122 valence electrons. The Bertz CT molecular complexity index is 582. The van der Waals surface area contributed by atoms with Crippen molar-refractivity contribution < 1.29 is 32.0 Å². The van der Waals surface area contributed by atoms with Crippen LogP contribution in [0.25, 0.3) is 0 Å². The van der Waals surface area contributed by atoms with Gasteiger partial charge in [0.2, 0.25) is 0 Å². The van der Waals surface area contributed by atoms with E-state index in [-0.39, 0.29) is 5.69 Å². The van der Waals surface area contributed by atoms with E-state index >= 15 is 0 Å². The molecule has 22 heavy (non-hydrogen) atoms. The summed E-state index contributed by atoms with van der Waals surface area (Å²) in [6.07, 6.45) is -0.890. The molecule has 9 heteroatoms. The first-order chi connectivity index (χ1) is 9.94. The van der Waals surface area contributed by atoms with Gasteiger partial charge in [-0.05, 0) is 32.9 Å². The number of benzene rings is 1. The van der Waals surface area contributed by atoms with Crippen molar-refractivity contribution in [1.82, 2.24) is 0 Å². The van der Waals surface area contributed by atoms with Crippen molar-refractivity contribution in [2.75, 3.05) is 12.4 Å². The van der Waals surface area contributed by atoms with Crippen LogP contribution in [-0.4, -0.2) is 31.8 Å². The fourth-order valence-corrected chi connectivity index (χ4v) is 1.63. The van der Waals surface area contributed by atoms with Gasteiger partial charge in [-0.3, -0.25) is 5.32 Å². The number of hydrogen-bond donors (Lipinski definition) is 1. The highest BCUT2D eigenvalue weighted by Crippen LogP contribution is 2.18. The number of esters is 1. The molecule has 0 saturated heterocycles. The van der Waals surface area contributed by atoms with E-state index in [1.807, 2.05) is 0 Å². The van der Waals surface area contributed by atoms with Gasteiger partial charge in [-0.25, -0.2) is 9.59 Å². The lowest BCUT2D eigenvalue weighted by atomic mass is 9.76. The predicted octanol–water partition coefficient (Wildman–Crippen LogP) is 2.87. The molecular formula is C13H16BF3NO4-. The molecule has 0 atom stereocenters. The molecule has 0 aromatic heterocycles. The Morgan fingerprint density at radius 2 is 1.77 bits per heavy atom. The number of carbonyl (C=O) groups is 2. The fourth-order valence-electron chi connectivity index (χ4n) is 1.63. The quantitative estimate of drug-likeness (QED) is 0.687. The van der Waals surface area contributed by atoms with Crippen LogP contribution in [0.1, 0.15) is 31.1 Å². The molecule has 0 saturated carbocycles. The van der Waals surface area contributed by atoms with E-state index in [1.54, 1.807) is 20.8 Å². The Kier molecular flexibility index (Phi) is 5.11. The second-order valence-corrected chi connectivity index (χ2v) is 5.50. The fraction of sp³-hybridized carbons (Fsp3) is 0.385. The van der Waals surface area contributed by atoms with Crippen LogP contribution < -0.4 is 10.8 Å². The van der Waals surface area contributed by atoms with Gasteiger partial charge in [0.1, 0.15) is 5.60 Å². The molecule has 1 rings (SSSR count). The van der Waals surface area contributed by atoms with Crippen LogP contribution in [0.3, 0.4) is 0 Å². The Morgan fingerprint density at radius 1 is 1.18 bits per heavy atom. The highest BCUT2D eigenvalue weighted by molar-refractivity contribution is 6.74. The molecule has 5 nitrogen and oxygen atoms in total. The van der Waals surface area contributed by atoms with E-state index in [0.717, 1.165) is 13.2 Å². The lowest BCUT2D eigenvalue weighted by Crippen LogP contribution is -2.39. The third kappa shape index (κ3) is 4.98. The van der Waals surface area contributed by atoms with Crippen LogP contribution >= 0.6 is 0 Å². The Morgan fingerprint density at radius 3 is 2.23 bits per heavy atom. The minimum absolute atomic E-state index is 0.129. The predicted molar refractivity (Wildman–Crippen MR) is 76.4 cm³/mol. The molecule has 0 unspecified atom stereocenters. The minimum Gasteiger partial charge on any atom is -0.465 e. The highest BCUT2D eigenvalue weighted by atomic mass is 19.4. The van der Waals surface area contributed by atoms with Crippen LogP contribution in [0.15, 0.2) is 18.2 Å².